The van der Waals surface area contributed by atoms with Gasteiger partial charge in [-0.15, -0.1) is 0 Å². The molecule has 1 aromatic heterocycles. The summed E-state index contributed by atoms with van der Waals surface area (Å²) in [5.41, 5.74) is 8.28. The third-order valence-corrected chi connectivity index (χ3v) is 9.00. The van der Waals surface area contributed by atoms with E-state index in [-0.39, 0.29) is 0 Å². The van der Waals surface area contributed by atoms with Gasteiger partial charge in [0.2, 0.25) is 0 Å². The minimum Gasteiger partial charge on any atom is -0.456 e. The van der Waals surface area contributed by atoms with Gasteiger partial charge < -0.3 is 4.42 Å². The Morgan fingerprint density at radius 3 is 2.06 bits per heavy atom. The molecule has 5 aromatic carbocycles. The second kappa shape index (κ2) is 7.72. The lowest BCUT2D eigenvalue weighted by molar-refractivity contribution is 0.669. The average Bonchev–Trinajstić information content (AvgIpc) is 3.68. The lowest BCUT2D eigenvalue weighted by Gasteiger charge is -2.16. The van der Waals surface area contributed by atoms with E-state index in [1.165, 1.54) is 55.1 Å². The Labute approximate surface area is 201 Å². The molecule has 0 N–H and O–H groups in total. The smallest absolute Gasteiger partial charge is 0.136 e. The maximum Gasteiger partial charge on any atom is 0.136 e. The van der Waals surface area contributed by atoms with Crippen molar-refractivity contribution in [3.8, 4) is 22.3 Å². The van der Waals surface area contributed by atoms with Crippen molar-refractivity contribution < 1.29 is 4.42 Å². The molecule has 0 amide bonds. The summed E-state index contributed by atoms with van der Waals surface area (Å²) in [6.07, 6.45) is 0. The van der Waals surface area contributed by atoms with Crippen LogP contribution in [0.4, 0.5) is 0 Å². The molecule has 0 saturated heterocycles. The molecule has 1 aliphatic rings. The topological polar surface area (TPSA) is 13.1 Å². The maximum atomic E-state index is 6.11. The number of rotatable bonds is 4. The summed E-state index contributed by atoms with van der Waals surface area (Å²) >= 11 is 0. The van der Waals surface area contributed by atoms with E-state index in [1.807, 2.05) is 12.1 Å². The normalized spacial score (nSPS) is 16.1. The number of hydrogen-bond acceptors (Lipinski definition) is 1. The fourth-order valence-electron chi connectivity index (χ4n) is 5.17. The van der Waals surface area contributed by atoms with Crippen molar-refractivity contribution >= 4 is 48.6 Å². The van der Waals surface area contributed by atoms with Gasteiger partial charge >= 0.3 is 0 Å². The summed E-state index contributed by atoms with van der Waals surface area (Å²) in [5.74, 6) is 1.28. The molecule has 0 bridgehead atoms. The average molecular weight is 457 g/mol. The van der Waals surface area contributed by atoms with Crippen LogP contribution < -0.4 is 0 Å². The highest BCUT2D eigenvalue weighted by molar-refractivity contribution is 8.23. The van der Waals surface area contributed by atoms with Gasteiger partial charge in [0.25, 0.3) is 0 Å². The van der Waals surface area contributed by atoms with Crippen molar-refractivity contribution in [3.05, 3.63) is 109 Å². The fourth-order valence-corrected chi connectivity index (χ4v) is 6.59. The van der Waals surface area contributed by atoms with Gasteiger partial charge in [-0.3, -0.25) is 0 Å². The fraction of sp³-hybridized carbons (Fsp3) is 0.0938. The molecule has 34 heavy (non-hydrogen) atoms. The quantitative estimate of drug-likeness (QED) is 0.241. The van der Waals surface area contributed by atoms with Crippen molar-refractivity contribution in [3.63, 3.8) is 0 Å². The Morgan fingerprint density at radius 2 is 1.26 bits per heavy atom. The van der Waals surface area contributed by atoms with Crippen LogP contribution in [0.1, 0.15) is 17.7 Å². The summed E-state index contributed by atoms with van der Waals surface area (Å²) in [5, 5.41) is 8.13. The molecule has 0 aliphatic carbocycles. The molecule has 1 aliphatic heterocycles. The van der Waals surface area contributed by atoms with Gasteiger partial charge in [-0.2, -0.15) is 10.5 Å². The molecule has 6 aromatic rings. The van der Waals surface area contributed by atoms with Gasteiger partial charge in [-0.1, -0.05) is 90.3 Å². The highest BCUT2D eigenvalue weighted by Crippen LogP contribution is 2.45. The number of benzene rings is 5. The van der Waals surface area contributed by atoms with E-state index in [9.17, 15) is 0 Å². The van der Waals surface area contributed by atoms with Crippen molar-refractivity contribution in [1.82, 2.24) is 0 Å². The van der Waals surface area contributed by atoms with Crippen LogP contribution in [0.2, 0.25) is 0 Å². The van der Waals surface area contributed by atoms with Crippen molar-refractivity contribution in [2.45, 2.75) is 12.2 Å². The van der Waals surface area contributed by atoms with E-state index < -0.39 is 0 Å². The van der Waals surface area contributed by atoms with E-state index in [0.29, 0.717) is 15.7 Å². The number of para-hydroxylation sites is 1. The molecule has 2 atom stereocenters. The lowest BCUT2D eigenvalue weighted by atomic mass is 9.93. The van der Waals surface area contributed by atoms with Gasteiger partial charge in [0, 0.05) is 21.8 Å². The van der Waals surface area contributed by atoms with Gasteiger partial charge in [0.05, 0.1) is 0 Å². The van der Waals surface area contributed by atoms with Gasteiger partial charge in [-0.05, 0) is 63.7 Å². The summed E-state index contributed by atoms with van der Waals surface area (Å²) in [6, 6.07) is 37.3. The standard InChI is InChI=1S/C32H24OS/c1-21(34-18-19-34)25-16-17-26(28-7-3-2-6-27(25)28)23-12-10-22(11-13-23)24-14-15-30-29-8-4-5-9-31(29)33-32(30)20-24/h2-18,20-21H,19H2,1H3. The minimum atomic E-state index is 0.459. The van der Waals surface area contributed by atoms with Crippen LogP contribution in [0.3, 0.4) is 0 Å². The van der Waals surface area contributed by atoms with Crippen molar-refractivity contribution in [2.24, 2.45) is 0 Å². The van der Waals surface area contributed by atoms with Crippen LogP contribution >= 0.6 is 10.5 Å². The Morgan fingerprint density at radius 1 is 0.618 bits per heavy atom. The monoisotopic (exact) mass is 456 g/mol. The Bertz CT molecular complexity index is 1740. The molecule has 0 fully saturated rings. The first-order valence-electron chi connectivity index (χ1n) is 11.8. The number of hydrogen-bond donors (Lipinski definition) is 0. The Kier molecular flexibility index (Phi) is 4.50. The highest BCUT2D eigenvalue weighted by Gasteiger charge is 2.19. The van der Waals surface area contributed by atoms with E-state index in [1.54, 1.807) is 0 Å². The highest BCUT2D eigenvalue weighted by atomic mass is 32.2. The predicted octanol–water partition coefficient (Wildman–Crippen LogP) is 9.22. The molecule has 1 nitrogen and oxygen atoms in total. The summed E-state index contributed by atoms with van der Waals surface area (Å²) in [6.45, 7) is 2.38. The molecular weight excluding hydrogens is 432 g/mol. The van der Waals surface area contributed by atoms with Crippen LogP contribution in [-0.2, 0) is 0 Å². The maximum absolute atomic E-state index is 6.11. The molecule has 0 saturated carbocycles. The molecule has 2 heteroatoms. The van der Waals surface area contributed by atoms with Crippen LogP contribution in [0.15, 0.2) is 108 Å². The van der Waals surface area contributed by atoms with Gasteiger partial charge in [0.15, 0.2) is 0 Å². The number of furan rings is 1. The molecule has 0 spiro atoms. The Hall–Kier alpha value is -3.62. The largest absolute Gasteiger partial charge is 0.456 e. The number of fused-ring (bicyclic) bond motifs is 4. The third-order valence-electron chi connectivity index (χ3n) is 7.12. The molecule has 7 rings (SSSR count). The third kappa shape index (κ3) is 3.21. The predicted molar refractivity (Wildman–Crippen MR) is 149 cm³/mol. The van der Waals surface area contributed by atoms with Crippen LogP contribution in [0.25, 0.3) is 55.0 Å². The second-order valence-electron chi connectivity index (χ2n) is 9.08. The molecule has 2 unspecified atom stereocenters. The zero-order valence-corrected chi connectivity index (χ0v) is 19.8. The van der Waals surface area contributed by atoms with Crippen LogP contribution in [-0.4, -0.2) is 11.1 Å². The van der Waals surface area contributed by atoms with Gasteiger partial charge in [-0.25, -0.2) is 0 Å². The lowest BCUT2D eigenvalue weighted by Crippen LogP contribution is -1.92. The minimum absolute atomic E-state index is 0.459. The Balaban J connectivity index is 1.28. The molecule has 0 radical (unpaired) electrons. The zero-order valence-electron chi connectivity index (χ0n) is 19.0. The second-order valence-corrected chi connectivity index (χ2v) is 11.4. The first-order chi connectivity index (χ1) is 16.8. The summed E-state index contributed by atoms with van der Waals surface area (Å²) in [7, 11) is 0.459. The van der Waals surface area contributed by atoms with E-state index in [2.05, 4.69) is 103 Å². The first-order valence-corrected chi connectivity index (χ1v) is 13.3. The zero-order chi connectivity index (χ0) is 22.6. The van der Waals surface area contributed by atoms with Crippen LogP contribution in [0.5, 0.6) is 0 Å². The molecular formula is C32H24OS. The van der Waals surface area contributed by atoms with E-state index in [4.69, 9.17) is 4.42 Å². The molecule has 164 valence electrons. The van der Waals surface area contributed by atoms with E-state index >= 15 is 0 Å². The first kappa shape index (κ1) is 19.8. The van der Waals surface area contributed by atoms with Crippen molar-refractivity contribution in [1.29, 1.82) is 0 Å². The summed E-state index contributed by atoms with van der Waals surface area (Å²) in [4.78, 5) is 0. The van der Waals surface area contributed by atoms with E-state index in [0.717, 1.165) is 11.2 Å². The van der Waals surface area contributed by atoms with Gasteiger partial charge in [0.1, 0.15) is 11.2 Å². The SMILES string of the molecule is CC(c1ccc(-c2ccc(-c3ccc4c(c3)oc3ccccc34)cc2)c2ccccc12)S1=CC1. The molecule has 2 heterocycles. The van der Waals surface area contributed by atoms with Crippen LogP contribution in [0, 0.1) is 0 Å². The summed E-state index contributed by atoms with van der Waals surface area (Å²) < 4.78 is 6.11. The van der Waals surface area contributed by atoms with Crippen molar-refractivity contribution in [2.75, 3.05) is 5.75 Å².